The highest BCUT2D eigenvalue weighted by Crippen LogP contribution is 2.43. The summed E-state index contributed by atoms with van der Waals surface area (Å²) in [5, 5.41) is 0. The monoisotopic (exact) mass is 414 g/mol. The number of esters is 2. The third-order valence-electron chi connectivity index (χ3n) is 4.14. The lowest BCUT2D eigenvalue weighted by Gasteiger charge is -2.33. The molecule has 0 N–H and O–H groups in total. The van der Waals surface area contributed by atoms with E-state index in [1.165, 1.54) is 50.5 Å². The molecule has 0 spiro atoms. The lowest BCUT2D eigenvalue weighted by molar-refractivity contribution is -0.278. The maximum Gasteiger partial charge on any atom is 0.432 e. The summed E-state index contributed by atoms with van der Waals surface area (Å²) >= 11 is 0. The number of carbonyl (C=O) groups is 2. The number of rotatable bonds is 10. The van der Waals surface area contributed by atoms with Crippen molar-refractivity contribution >= 4 is 11.9 Å². The van der Waals surface area contributed by atoms with E-state index in [-0.39, 0.29) is 5.56 Å². The van der Waals surface area contributed by atoms with Gasteiger partial charge in [0.25, 0.3) is 5.60 Å². The number of ether oxygens (including phenoxy) is 3. The van der Waals surface area contributed by atoms with Gasteiger partial charge in [0.1, 0.15) is 0 Å². The van der Waals surface area contributed by atoms with Crippen molar-refractivity contribution in [2.24, 2.45) is 0 Å². The van der Waals surface area contributed by atoms with E-state index in [9.17, 15) is 22.8 Å². The number of methoxy groups -OCH3 is 2. The number of alkyl halides is 3. The summed E-state index contributed by atoms with van der Waals surface area (Å²) in [6, 6.07) is 6.69. The standard InChI is InChI=1S/C21H25F3O5/c1-16(12-8-5-4-6-11-15-18(25)27-2)29-19(26)20(28-3,21(22,23)24)17-13-9-7-10-14-17/h4,6-7,9-11,13-16H,5,8,12H2,1-3H3/b6-4+,15-11+/t16-,20-/m1/s1. The first-order valence-corrected chi connectivity index (χ1v) is 8.98. The molecule has 1 aromatic rings. The molecule has 0 bridgehead atoms. The normalized spacial score (nSPS) is 15.2. The Kier molecular flexibility index (Phi) is 9.61. The van der Waals surface area contributed by atoms with Gasteiger partial charge in [-0.15, -0.1) is 0 Å². The first-order chi connectivity index (χ1) is 13.7. The summed E-state index contributed by atoms with van der Waals surface area (Å²) in [7, 11) is 2.10. The topological polar surface area (TPSA) is 61.8 Å². The molecule has 0 fully saturated rings. The van der Waals surface area contributed by atoms with Gasteiger partial charge in [0.2, 0.25) is 0 Å². The van der Waals surface area contributed by atoms with Crippen molar-refractivity contribution in [1.29, 1.82) is 0 Å². The van der Waals surface area contributed by atoms with Crippen molar-refractivity contribution in [2.75, 3.05) is 14.2 Å². The van der Waals surface area contributed by atoms with Crippen molar-refractivity contribution in [1.82, 2.24) is 0 Å². The van der Waals surface area contributed by atoms with E-state index in [1.807, 2.05) is 0 Å². The average molecular weight is 414 g/mol. The van der Waals surface area contributed by atoms with Crippen molar-refractivity contribution in [3.63, 3.8) is 0 Å². The molecule has 29 heavy (non-hydrogen) atoms. The van der Waals surface area contributed by atoms with Gasteiger partial charge < -0.3 is 14.2 Å². The molecule has 8 heteroatoms. The summed E-state index contributed by atoms with van der Waals surface area (Å²) in [5.41, 5.74) is -3.52. The summed E-state index contributed by atoms with van der Waals surface area (Å²) in [4.78, 5) is 23.4. The van der Waals surface area contributed by atoms with Gasteiger partial charge in [-0.1, -0.05) is 48.6 Å². The van der Waals surface area contributed by atoms with Gasteiger partial charge in [0.15, 0.2) is 0 Å². The van der Waals surface area contributed by atoms with Crippen molar-refractivity contribution in [3.8, 4) is 0 Å². The maximum absolute atomic E-state index is 13.8. The van der Waals surface area contributed by atoms with Gasteiger partial charge >= 0.3 is 18.1 Å². The fraction of sp³-hybridized carbons (Fsp3) is 0.429. The predicted octanol–water partition coefficient (Wildman–Crippen LogP) is 4.48. The highest BCUT2D eigenvalue weighted by atomic mass is 19.4. The summed E-state index contributed by atoms with van der Waals surface area (Å²) in [6.45, 7) is 1.53. The Labute approximate surface area is 168 Å². The second-order valence-electron chi connectivity index (χ2n) is 6.21. The number of unbranched alkanes of at least 4 members (excludes halogenated alkanes) is 1. The largest absolute Gasteiger partial charge is 0.466 e. The van der Waals surface area contributed by atoms with Crippen molar-refractivity contribution < 1.29 is 37.0 Å². The molecule has 0 heterocycles. The second-order valence-corrected chi connectivity index (χ2v) is 6.21. The molecule has 0 unspecified atom stereocenters. The molecule has 160 valence electrons. The zero-order valence-corrected chi connectivity index (χ0v) is 16.6. The fourth-order valence-corrected chi connectivity index (χ4v) is 2.61. The molecular formula is C21H25F3O5. The first-order valence-electron chi connectivity index (χ1n) is 8.98. The van der Waals surface area contributed by atoms with Gasteiger partial charge in [0.05, 0.1) is 13.2 Å². The van der Waals surface area contributed by atoms with E-state index in [0.29, 0.717) is 19.3 Å². The van der Waals surface area contributed by atoms with Crippen LogP contribution < -0.4 is 0 Å². The van der Waals surface area contributed by atoms with Crippen LogP contribution in [0, 0.1) is 0 Å². The van der Waals surface area contributed by atoms with Gasteiger partial charge in [-0.3, -0.25) is 0 Å². The highest BCUT2D eigenvalue weighted by Gasteiger charge is 2.64. The molecule has 1 rings (SSSR count). The lowest BCUT2D eigenvalue weighted by atomic mass is 9.92. The first kappa shape index (κ1) is 24.4. The number of benzene rings is 1. The molecule has 0 aliphatic carbocycles. The fourth-order valence-electron chi connectivity index (χ4n) is 2.61. The summed E-state index contributed by atoms with van der Waals surface area (Å²) < 4.78 is 55.6. The van der Waals surface area contributed by atoms with Crippen LogP contribution in [-0.4, -0.2) is 38.4 Å². The van der Waals surface area contributed by atoms with E-state index in [1.54, 1.807) is 18.2 Å². The Bertz CT molecular complexity index is 713. The van der Waals surface area contributed by atoms with Gasteiger partial charge in [0, 0.05) is 18.7 Å². The molecule has 0 amide bonds. The van der Waals surface area contributed by atoms with E-state index in [4.69, 9.17) is 9.47 Å². The molecule has 0 saturated heterocycles. The van der Waals surface area contributed by atoms with Crippen molar-refractivity contribution in [2.45, 2.75) is 44.1 Å². The molecule has 0 saturated carbocycles. The minimum absolute atomic E-state index is 0.340. The minimum atomic E-state index is -4.99. The minimum Gasteiger partial charge on any atom is -0.466 e. The number of hydrogen-bond acceptors (Lipinski definition) is 5. The Hall–Kier alpha value is -2.61. The van der Waals surface area contributed by atoms with Crippen LogP contribution in [0.25, 0.3) is 0 Å². The Morgan fingerprint density at radius 1 is 1.10 bits per heavy atom. The summed E-state index contributed by atoms with van der Waals surface area (Å²) in [6.07, 6.45) is 2.03. The third kappa shape index (κ3) is 6.74. The van der Waals surface area contributed by atoms with Crippen LogP contribution in [0.5, 0.6) is 0 Å². The van der Waals surface area contributed by atoms with E-state index in [2.05, 4.69) is 4.74 Å². The van der Waals surface area contributed by atoms with Crippen LogP contribution in [0.15, 0.2) is 54.6 Å². The zero-order valence-electron chi connectivity index (χ0n) is 16.6. The van der Waals surface area contributed by atoms with E-state index >= 15 is 0 Å². The van der Waals surface area contributed by atoms with Crippen molar-refractivity contribution in [3.05, 3.63) is 60.2 Å². The van der Waals surface area contributed by atoms with Gasteiger partial charge in [-0.25, -0.2) is 9.59 Å². The Morgan fingerprint density at radius 2 is 1.76 bits per heavy atom. The van der Waals surface area contributed by atoms with E-state index < -0.39 is 29.8 Å². The Morgan fingerprint density at radius 3 is 2.31 bits per heavy atom. The third-order valence-corrected chi connectivity index (χ3v) is 4.14. The molecule has 0 aliphatic heterocycles. The van der Waals surface area contributed by atoms with Gasteiger partial charge in [-0.05, 0) is 26.2 Å². The van der Waals surface area contributed by atoms with Crippen LogP contribution in [-0.2, 0) is 29.4 Å². The number of hydrogen-bond donors (Lipinski definition) is 0. The zero-order chi connectivity index (χ0) is 21.9. The molecule has 2 atom stereocenters. The number of halogens is 3. The molecule has 5 nitrogen and oxygen atoms in total. The van der Waals surface area contributed by atoms with Crippen LogP contribution in [0.2, 0.25) is 0 Å². The average Bonchev–Trinajstić information content (AvgIpc) is 2.67. The van der Waals surface area contributed by atoms with Crippen LogP contribution in [0.1, 0.15) is 31.7 Å². The lowest BCUT2D eigenvalue weighted by Crippen LogP contribution is -2.52. The maximum atomic E-state index is 13.8. The number of allylic oxidation sites excluding steroid dienone is 3. The SMILES string of the molecule is COC(=O)/C=C/C=C/CCC[C@@H](C)OC(=O)[C@](OC)(c1ccccc1)C(F)(F)F. The Balaban J connectivity index is 2.70. The van der Waals surface area contributed by atoms with Crippen LogP contribution in [0.4, 0.5) is 13.2 Å². The number of carbonyl (C=O) groups excluding carboxylic acids is 2. The quantitative estimate of drug-likeness (QED) is 0.245. The summed E-state index contributed by atoms with van der Waals surface area (Å²) in [5.74, 6) is -1.97. The molecule has 1 aromatic carbocycles. The van der Waals surface area contributed by atoms with Crippen LogP contribution >= 0.6 is 0 Å². The molecule has 0 aliphatic rings. The second kappa shape index (κ2) is 11.4. The molecule has 0 radical (unpaired) electrons. The van der Waals surface area contributed by atoms with Crippen LogP contribution in [0.3, 0.4) is 0 Å². The molecular weight excluding hydrogens is 389 g/mol. The smallest absolute Gasteiger partial charge is 0.432 e. The highest BCUT2D eigenvalue weighted by molar-refractivity contribution is 5.83. The molecule has 0 aromatic heterocycles. The predicted molar refractivity (Wildman–Crippen MR) is 101 cm³/mol. The van der Waals surface area contributed by atoms with Gasteiger partial charge in [-0.2, -0.15) is 13.2 Å². The van der Waals surface area contributed by atoms with E-state index in [0.717, 1.165) is 7.11 Å².